The second-order valence-electron chi connectivity index (χ2n) is 6.79. The first kappa shape index (κ1) is 16.0. The number of anilines is 1. The standard InChI is InChI=1S/C14H21N5O3/c1-13(2,3)21-10-8-9(16-7-15-8)17-11(18-10)19-12(20)22-14(4,5)6/h7H,1-6H3,(H2,15,16,17,18,19,20). The zero-order valence-corrected chi connectivity index (χ0v) is 13.6. The summed E-state index contributed by atoms with van der Waals surface area (Å²) in [5.41, 5.74) is -0.0779. The topological polar surface area (TPSA) is 102 Å². The first-order valence-corrected chi connectivity index (χ1v) is 6.94. The van der Waals surface area contributed by atoms with Crippen molar-refractivity contribution in [3.8, 4) is 5.88 Å². The molecule has 0 radical (unpaired) electrons. The second kappa shape index (κ2) is 5.43. The maximum Gasteiger partial charge on any atom is 0.414 e. The van der Waals surface area contributed by atoms with Gasteiger partial charge in [-0.2, -0.15) is 9.97 Å². The molecule has 2 aromatic heterocycles. The smallest absolute Gasteiger partial charge is 0.414 e. The molecule has 22 heavy (non-hydrogen) atoms. The number of aromatic amines is 1. The number of ether oxygens (including phenoxy) is 2. The molecule has 0 aliphatic carbocycles. The number of rotatable bonds is 2. The van der Waals surface area contributed by atoms with Crippen LogP contribution < -0.4 is 10.1 Å². The average Bonchev–Trinajstić information content (AvgIpc) is 2.71. The Morgan fingerprint density at radius 1 is 1.14 bits per heavy atom. The Hall–Kier alpha value is -2.38. The Morgan fingerprint density at radius 2 is 1.82 bits per heavy atom. The van der Waals surface area contributed by atoms with Gasteiger partial charge in [0, 0.05) is 0 Å². The summed E-state index contributed by atoms with van der Waals surface area (Å²) < 4.78 is 11.0. The highest BCUT2D eigenvalue weighted by molar-refractivity contribution is 5.85. The van der Waals surface area contributed by atoms with E-state index >= 15 is 0 Å². The van der Waals surface area contributed by atoms with Gasteiger partial charge >= 0.3 is 6.09 Å². The minimum Gasteiger partial charge on any atom is -0.470 e. The van der Waals surface area contributed by atoms with E-state index in [0.717, 1.165) is 0 Å². The lowest BCUT2D eigenvalue weighted by Crippen LogP contribution is -2.28. The van der Waals surface area contributed by atoms with E-state index in [1.807, 2.05) is 20.8 Å². The quantitative estimate of drug-likeness (QED) is 0.884. The molecule has 0 atom stereocenters. The molecule has 1 amide bonds. The van der Waals surface area contributed by atoms with Crippen molar-refractivity contribution < 1.29 is 14.3 Å². The molecule has 0 aliphatic rings. The molecule has 0 spiro atoms. The van der Waals surface area contributed by atoms with Gasteiger partial charge in [-0.25, -0.2) is 9.78 Å². The van der Waals surface area contributed by atoms with Crippen LogP contribution >= 0.6 is 0 Å². The van der Waals surface area contributed by atoms with Crippen molar-refractivity contribution in [2.45, 2.75) is 52.7 Å². The summed E-state index contributed by atoms with van der Waals surface area (Å²) in [6.45, 7) is 11.0. The molecule has 2 rings (SSSR count). The first-order chi connectivity index (χ1) is 10.0. The fourth-order valence-electron chi connectivity index (χ4n) is 1.62. The Balaban J connectivity index is 2.29. The summed E-state index contributed by atoms with van der Waals surface area (Å²) in [5.74, 6) is 0.397. The highest BCUT2D eigenvalue weighted by atomic mass is 16.6. The normalized spacial score (nSPS) is 12.3. The molecule has 0 bridgehead atoms. The van der Waals surface area contributed by atoms with E-state index in [1.54, 1.807) is 20.8 Å². The molecular weight excluding hydrogens is 286 g/mol. The number of fused-ring (bicyclic) bond motifs is 1. The van der Waals surface area contributed by atoms with Gasteiger partial charge in [0.05, 0.1) is 6.33 Å². The lowest BCUT2D eigenvalue weighted by molar-refractivity contribution is 0.0634. The highest BCUT2D eigenvalue weighted by Crippen LogP contribution is 2.24. The van der Waals surface area contributed by atoms with Gasteiger partial charge < -0.3 is 14.5 Å². The number of carbonyl (C=O) groups is 1. The number of carbonyl (C=O) groups excluding carboxylic acids is 1. The molecule has 2 aromatic rings. The fraction of sp³-hybridized carbons (Fsp3) is 0.571. The molecule has 0 saturated carbocycles. The number of hydrogen-bond acceptors (Lipinski definition) is 6. The van der Waals surface area contributed by atoms with Crippen molar-refractivity contribution in [3.05, 3.63) is 6.33 Å². The van der Waals surface area contributed by atoms with Gasteiger partial charge in [-0.05, 0) is 41.5 Å². The molecule has 0 aromatic carbocycles. The number of nitrogens with zero attached hydrogens (tertiary/aromatic N) is 3. The lowest BCUT2D eigenvalue weighted by Gasteiger charge is -2.21. The van der Waals surface area contributed by atoms with Crippen LogP contribution in [0.1, 0.15) is 41.5 Å². The monoisotopic (exact) mass is 307 g/mol. The van der Waals surface area contributed by atoms with E-state index in [-0.39, 0.29) is 5.95 Å². The van der Waals surface area contributed by atoms with Crippen molar-refractivity contribution in [3.63, 3.8) is 0 Å². The Kier molecular flexibility index (Phi) is 3.95. The number of hydrogen-bond donors (Lipinski definition) is 2. The van der Waals surface area contributed by atoms with Crippen LogP contribution in [0.4, 0.5) is 10.7 Å². The summed E-state index contributed by atoms with van der Waals surface area (Å²) in [7, 11) is 0. The number of H-pyrrole nitrogens is 1. The van der Waals surface area contributed by atoms with E-state index in [4.69, 9.17) is 9.47 Å². The van der Waals surface area contributed by atoms with Crippen molar-refractivity contribution in [1.29, 1.82) is 0 Å². The van der Waals surface area contributed by atoms with Crippen LogP contribution in [0.25, 0.3) is 11.2 Å². The third kappa shape index (κ3) is 4.31. The van der Waals surface area contributed by atoms with Crippen LogP contribution in [0, 0.1) is 0 Å². The van der Waals surface area contributed by atoms with Crippen molar-refractivity contribution in [2.24, 2.45) is 0 Å². The van der Waals surface area contributed by atoms with E-state index in [1.165, 1.54) is 6.33 Å². The molecule has 0 fully saturated rings. The van der Waals surface area contributed by atoms with Crippen LogP contribution in [-0.2, 0) is 4.74 Å². The zero-order chi connectivity index (χ0) is 16.5. The fourth-order valence-corrected chi connectivity index (χ4v) is 1.62. The number of amides is 1. The Labute approximate surface area is 128 Å². The van der Waals surface area contributed by atoms with Gasteiger partial charge in [0.15, 0.2) is 5.65 Å². The average molecular weight is 307 g/mol. The Bertz CT molecular complexity index is 682. The SMILES string of the molecule is CC(C)(C)OC(=O)Nc1nc(OC(C)(C)C)c2[nH]cnc2n1. The maximum atomic E-state index is 11.8. The summed E-state index contributed by atoms with van der Waals surface area (Å²) in [6, 6.07) is 0. The molecule has 2 heterocycles. The third-order valence-electron chi connectivity index (χ3n) is 2.27. The lowest BCUT2D eigenvalue weighted by atomic mass is 10.2. The van der Waals surface area contributed by atoms with E-state index < -0.39 is 17.3 Å². The molecule has 0 aliphatic heterocycles. The Morgan fingerprint density at radius 3 is 2.41 bits per heavy atom. The molecule has 0 saturated heterocycles. The van der Waals surface area contributed by atoms with Crippen LogP contribution in [0.2, 0.25) is 0 Å². The largest absolute Gasteiger partial charge is 0.470 e. The third-order valence-corrected chi connectivity index (χ3v) is 2.27. The van der Waals surface area contributed by atoms with E-state index in [2.05, 4.69) is 25.3 Å². The molecule has 8 heteroatoms. The molecule has 120 valence electrons. The summed E-state index contributed by atoms with van der Waals surface area (Å²) in [5, 5.41) is 2.49. The van der Waals surface area contributed by atoms with Crippen molar-refractivity contribution in [1.82, 2.24) is 19.9 Å². The second-order valence-corrected chi connectivity index (χ2v) is 6.79. The summed E-state index contributed by atoms with van der Waals surface area (Å²) in [4.78, 5) is 27.2. The highest BCUT2D eigenvalue weighted by Gasteiger charge is 2.21. The van der Waals surface area contributed by atoms with Crippen LogP contribution in [0.3, 0.4) is 0 Å². The molecule has 2 N–H and O–H groups in total. The molecule has 8 nitrogen and oxygen atoms in total. The van der Waals surface area contributed by atoms with Crippen LogP contribution in [0.5, 0.6) is 5.88 Å². The number of aromatic nitrogens is 4. The predicted octanol–water partition coefficient (Wildman–Crippen LogP) is 2.88. The van der Waals surface area contributed by atoms with Gasteiger partial charge in [0.2, 0.25) is 11.8 Å². The van der Waals surface area contributed by atoms with Gasteiger partial charge in [-0.15, -0.1) is 0 Å². The van der Waals surface area contributed by atoms with Crippen LogP contribution in [-0.4, -0.2) is 37.2 Å². The minimum atomic E-state index is -0.635. The minimum absolute atomic E-state index is 0.0769. The van der Waals surface area contributed by atoms with Gasteiger partial charge in [0.25, 0.3) is 0 Å². The number of imidazole rings is 1. The molecule has 0 unspecified atom stereocenters. The molecular formula is C14H21N5O3. The summed E-state index contributed by atoms with van der Waals surface area (Å²) in [6.07, 6.45) is 0.857. The van der Waals surface area contributed by atoms with Gasteiger partial charge in [0.1, 0.15) is 16.7 Å². The number of nitrogens with one attached hydrogen (secondary N) is 2. The van der Waals surface area contributed by atoms with E-state index in [9.17, 15) is 4.79 Å². The van der Waals surface area contributed by atoms with Crippen LogP contribution in [0.15, 0.2) is 6.33 Å². The summed E-state index contributed by atoms with van der Waals surface area (Å²) >= 11 is 0. The van der Waals surface area contributed by atoms with Crippen molar-refractivity contribution in [2.75, 3.05) is 5.32 Å². The first-order valence-electron chi connectivity index (χ1n) is 6.94. The predicted molar refractivity (Wildman–Crippen MR) is 81.9 cm³/mol. The van der Waals surface area contributed by atoms with E-state index in [0.29, 0.717) is 17.0 Å². The van der Waals surface area contributed by atoms with Gasteiger partial charge in [-0.1, -0.05) is 0 Å². The van der Waals surface area contributed by atoms with Gasteiger partial charge in [-0.3, -0.25) is 5.32 Å². The zero-order valence-electron chi connectivity index (χ0n) is 13.6. The maximum absolute atomic E-state index is 11.8. The van der Waals surface area contributed by atoms with Crippen molar-refractivity contribution >= 4 is 23.2 Å².